The van der Waals surface area contributed by atoms with Gasteiger partial charge in [-0.25, -0.2) is 4.52 Å². The smallest absolute Gasteiger partial charge is 0.225 e. The lowest BCUT2D eigenvalue weighted by atomic mass is 10.1. The molecule has 0 spiro atoms. The van der Waals surface area contributed by atoms with Gasteiger partial charge in [-0.15, -0.1) is 0 Å². The van der Waals surface area contributed by atoms with Crippen molar-refractivity contribution < 1.29 is 4.79 Å². The molecule has 0 atom stereocenters. The van der Waals surface area contributed by atoms with Crippen molar-refractivity contribution in [3.8, 4) is 11.1 Å². The second-order valence-corrected chi connectivity index (χ2v) is 8.38. The number of piperazine rings is 1. The van der Waals surface area contributed by atoms with E-state index < -0.39 is 0 Å². The molecule has 1 amide bonds. The summed E-state index contributed by atoms with van der Waals surface area (Å²) in [6.45, 7) is 5.31. The molecule has 8 nitrogen and oxygen atoms in total. The Morgan fingerprint density at radius 1 is 1.03 bits per heavy atom. The molecule has 1 saturated carbocycles. The number of anilines is 1. The average molecular weight is 391 g/mol. The third-order valence-electron chi connectivity index (χ3n) is 6.41. The van der Waals surface area contributed by atoms with E-state index in [0.717, 1.165) is 68.8 Å². The molecule has 1 aliphatic carbocycles. The minimum Gasteiger partial charge on any atom is -0.366 e. The quantitative estimate of drug-likeness (QED) is 0.728. The van der Waals surface area contributed by atoms with Crippen LogP contribution in [-0.4, -0.2) is 69.5 Å². The van der Waals surface area contributed by atoms with Gasteiger partial charge in [-0.05, 0) is 25.0 Å². The van der Waals surface area contributed by atoms with Gasteiger partial charge in [0.05, 0.1) is 23.4 Å². The molecule has 6 rings (SSSR count). The Morgan fingerprint density at radius 2 is 1.86 bits per heavy atom. The van der Waals surface area contributed by atoms with Crippen LogP contribution in [0.4, 0.5) is 5.69 Å². The van der Waals surface area contributed by atoms with Crippen molar-refractivity contribution in [1.29, 1.82) is 0 Å². The third kappa shape index (κ3) is 2.98. The van der Waals surface area contributed by atoms with Crippen LogP contribution in [0.2, 0.25) is 0 Å². The van der Waals surface area contributed by atoms with Gasteiger partial charge in [-0.2, -0.15) is 10.2 Å². The van der Waals surface area contributed by atoms with Crippen molar-refractivity contribution in [3.63, 3.8) is 0 Å². The Morgan fingerprint density at radius 3 is 2.59 bits per heavy atom. The Balaban J connectivity index is 1.24. The molecule has 29 heavy (non-hydrogen) atoms. The van der Waals surface area contributed by atoms with Gasteiger partial charge < -0.3 is 15.1 Å². The molecule has 2 saturated heterocycles. The van der Waals surface area contributed by atoms with Crippen LogP contribution in [0.5, 0.6) is 0 Å². The summed E-state index contributed by atoms with van der Waals surface area (Å²) in [6, 6.07) is 4.75. The number of amides is 1. The molecule has 3 aliphatic rings. The van der Waals surface area contributed by atoms with Gasteiger partial charge >= 0.3 is 0 Å². The van der Waals surface area contributed by atoms with E-state index in [1.54, 1.807) is 0 Å². The fraction of sp³-hybridized carbons (Fsp3) is 0.476. The van der Waals surface area contributed by atoms with Crippen LogP contribution in [-0.2, 0) is 4.79 Å². The molecule has 0 radical (unpaired) electrons. The molecule has 5 heterocycles. The summed E-state index contributed by atoms with van der Waals surface area (Å²) in [7, 11) is 0. The summed E-state index contributed by atoms with van der Waals surface area (Å²) in [5.74, 6) is 0.659. The number of rotatable bonds is 4. The molecule has 8 heteroatoms. The largest absolute Gasteiger partial charge is 0.366 e. The Hall–Kier alpha value is -2.87. The number of carbonyl (C=O) groups excluding carboxylic acids is 1. The summed E-state index contributed by atoms with van der Waals surface area (Å²) in [5.41, 5.74) is 4.53. The van der Waals surface area contributed by atoms with E-state index in [0.29, 0.717) is 17.9 Å². The van der Waals surface area contributed by atoms with Gasteiger partial charge in [-0.1, -0.05) is 0 Å². The molecule has 0 unspecified atom stereocenters. The lowest BCUT2D eigenvalue weighted by molar-refractivity contribution is -0.132. The zero-order chi connectivity index (χ0) is 19.4. The maximum absolute atomic E-state index is 12.3. The highest BCUT2D eigenvalue weighted by Gasteiger charge is 2.34. The monoisotopic (exact) mass is 391 g/mol. The topological polar surface area (TPSA) is 70.7 Å². The van der Waals surface area contributed by atoms with Gasteiger partial charge in [0.1, 0.15) is 0 Å². The summed E-state index contributed by atoms with van der Waals surface area (Å²) in [6.07, 6.45) is 10.1. The van der Waals surface area contributed by atoms with Crippen LogP contribution >= 0.6 is 0 Å². The zero-order valence-corrected chi connectivity index (χ0v) is 16.4. The molecule has 2 aliphatic heterocycles. The second-order valence-electron chi connectivity index (χ2n) is 8.38. The van der Waals surface area contributed by atoms with E-state index in [4.69, 9.17) is 0 Å². The zero-order valence-electron chi connectivity index (χ0n) is 16.4. The van der Waals surface area contributed by atoms with Crippen LogP contribution < -0.4 is 10.2 Å². The first-order chi connectivity index (χ1) is 14.3. The fourth-order valence-electron chi connectivity index (χ4n) is 4.33. The number of nitrogens with zero attached hydrogens (tertiary/aromatic N) is 6. The minimum atomic E-state index is 0.305. The van der Waals surface area contributed by atoms with E-state index in [1.165, 1.54) is 5.69 Å². The highest BCUT2D eigenvalue weighted by Crippen LogP contribution is 2.32. The maximum Gasteiger partial charge on any atom is 0.225 e. The minimum absolute atomic E-state index is 0.305. The number of hydrogen-bond donors (Lipinski definition) is 1. The Kier molecular flexibility index (Phi) is 3.87. The number of carbonyl (C=O) groups is 1. The number of fused-ring (bicyclic) bond motifs is 1. The summed E-state index contributed by atoms with van der Waals surface area (Å²) in [4.78, 5) is 16.8. The van der Waals surface area contributed by atoms with Gasteiger partial charge in [0.2, 0.25) is 5.91 Å². The maximum atomic E-state index is 12.3. The van der Waals surface area contributed by atoms with Crippen LogP contribution in [0, 0.1) is 5.92 Å². The first-order valence-electron chi connectivity index (χ1n) is 10.5. The molecule has 0 aromatic carbocycles. The molecular weight excluding hydrogens is 366 g/mol. The lowest BCUT2D eigenvalue weighted by Crippen LogP contribution is -2.49. The van der Waals surface area contributed by atoms with E-state index >= 15 is 0 Å². The van der Waals surface area contributed by atoms with Crippen LogP contribution in [0.3, 0.4) is 0 Å². The molecular formula is C21H25N7O. The summed E-state index contributed by atoms with van der Waals surface area (Å²) < 4.78 is 4.01. The highest BCUT2D eigenvalue weighted by molar-refractivity contribution is 5.82. The van der Waals surface area contributed by atoms with Crippen molar-refractivity contribution in [3.05, 3.63) is 36.9 Å². The van der Waals surface area contributed by atoms with Gasteiger partial charge in [0.25, 0.3) is 0 Å². The molecule has 3 aromatic rings. The highest BCUT2D eigenvalue weighted by atomic mass is 16.2. The van der Waals surface area contributed by atoms with Crippen molar-refractivity contribution in [2.45, 2.75) is 18.9 Å². The standard InChI is InChI=1S/C21H25N7O/c29-21(15-1-2-15)26-7-5-25(6-8-26)19-3-4-23-28-13-16(9-20(19)28)17-10-24-27(14-17)18-11-22-12-18/h3-4,9-10,13-15,18,22H,1-2,5-8,11-12H2. The van der Waals surface area contributed by atoms with E-state index in [-0.39, 0.29) is 0 Å². The Bertz CT molecular complexity index is 1050. The van der Waals surface area contributed by atoms with E-state index in [1.807, 2.05) is 21.8 Å². The second kappa shape index (κ2) is 6.59. The molecule has 1 N–H and O–H groups in total. The van der Waals surface area contributed by atoms with Gasteiger partial charge in [-0.3, -0.25) is 9.48 Å². The van der Waals surface area contributed by atoms with Gasteiger partial charge in [0.15, 0.2) is 0 Å². The first-order valence-corrected chi connectivity index (χ1v) is 10.5. The van der Waals surface area contributed by atoms with Crippen molar-refractivity contribution in [1.82, 2.24) is 29.6 Å². The summed E-state index contributed by atoms with van der Waals surface area (Å²) >= 11 is 0. The lowest BCUT2D eigenvalue weighted by Gasteiger charge is -2.36. The van der Waals surface area contributed by atoms with Gasteiger partial charge in [0, 0.05) is 74.9 Å². The number of aromatic nitrogens is 4. The molecule has 3 aromatic heterocycles. The predicted molar refractivity (Wildman–Crippen MR) is 110 cm³/mol. The fourth-order valence-corrected chi connectivity index (χ4v) is 4.33. The van der Waals surface area contributed by atoms with E-state index in [2.05, 4.69) is 49.6 Å². The third-order valence-corrected chi connectivity index (χ3v) is 6.41. The van der Waals surface area contributed by atoms with Crippen LogP contribution in [0.25, 0.3) is 16.6 Å². The number of nitrogens with one attached hydrogen (secondary N) is 1. The average Bonchev–Trinajstić information content (AvgIpc) is 3.29. The van der Waals surface area contributed by atoms with E-state index in [9.17, 15) is 4.79 Å². The van der Waals surface area contributed by atoms with Crippen molar-refractivity contribution >= 4 is 17.1 Å². The predicted octanol–water partition coefficient (Wildman–Crippen LogP) is 1.40. The molecule has 3 fully saturated rings. The first kappa shape index (κ1) is 17.0. The normalized spacial score (nSPS) is 20.3. The molecule has 150 valence electrons. The Labute approximate surface area is 169 Å². The SMILES string of the molecule is O=C(C1CC1)N1CCN(c2ccnn3cc(-c4cnn(C5CNC5)c4)cc23)CC1. The van der Waals surface area contributed by atoms with Crippen LogP contribution in [0.15, 0.2) is 36.9 Å². The van der Waals surface area contributed by atoms with Crippen molar-refractivity contribution in [2.75, 3.05) is 44.2 Å². The van der Waals surface area contributed by atoms with Crippen molar-refractivity contribution in [2.24, 2.45) is 5.92 Å². The molecule has 0 bridgehead atoms. The summed E-state index contributed by atoms with van der Waals surface area (Å²) in [5, 5.41) is 12.3. The number of hydrogen-bond acceptors (Lipinski definition) is 5. The van der Waals surface area contributed by atoms with Crippen LogP contribution in [0.1, 0.15) is 18.9 Å².